The summed E-state index contributed by atoms with van der Waals surface area (Å²) in [4.78, 5) is 11.8. The van der Waals surface area contributed by atoms with E-state index in [4.69, 9.17) is 4.42 Å². The zero-order valence-electron chi connectivity index (χ0n) is 10.6. The molecule has 0 atom stereocenters. The van der Waals surface area contributed by atoms with Crippen LogP contribution in [0.5, 0.6) is 0 Å². The van der Waals surface area contributed by atoms with Crippen LogP contribution < -0.4 is 0 Å². The first kappa shape index (κ1) is 11.0. The topological polar surface area (TPSA) is 54.7 Å². The molecule has 4 aromatic rings. The van der Waals surface area contributed by atoms with Gasteiger partial charge < -0.3 is 9.40 Å². The molecule has 3 heterocycles. The summed E-state index contributed by atoms with van der Waals surface area (Å²) in [5.74, 6) is 0.767. The van der Waals surface area contributed by atoms with E-state index in [1.807, 2.05) is 48.7 Å². The van der Waals surface area contributed by atoms with Crippen molar-refractivity contribution in [3.8, 4) is 22.6 Å². The van der Waals surface area contributed by atoms with E-state index < -0.39 is 0 Å². The molecule has 0 fully saturated rings. The van der Waals surface area contributed by atoms with Crippen molar-refractivity contribution < 1.29 is 4.42 Å². The molecule has 3 aromatic heterocycles. The van der Waals surface area contributed by atoms with Gasteiger partial charge in [0.15, 0.2) is 12.2 Å². The highest BCUT2D eigenvalue weighted by atomic mass is 16.3. The lowest BCUT2D eigenvalue weighted by atomic mass is 10.0. The largest absolute Gasteiger partial charge is 0.443 e. The highest BCUT2D eigenvalue weighted by Gasteiger charge is 2.15. The molecule has 4 rings (SSSR count). The molecule has 0 radical (unpaired) electrons. The second-order valence-electron chi connectivity index (χ2n) is 4.49. The summed E-state index contributed by atoms with van der Waals surface area (Å²) >= 11 is 0. The van der Waals surface area contributed by atoms with Crippen LogP contribution in [0.3, 0.4) is 0 Å². The number of nitrogens with zero attached hydrogens (tertiary/aromatic N) is 2. The lowest BCUT2D eigenvalue weighted by molar-refractivity contribution is 0.572. The van der Waals surface area contributed by atoms with E-state index in [1.54, 1.807) is 6.20 Å². The van der Waals surface area contributed by atoms with Gasteiger partial charge in [0, 0.05) is 28.9 Å². The number of rotatable bonds is 2. The maximum Gasteiger partial charge on any atom is 0.182 e. The predicted octanol–water partition coefficient (Wildman–Crippen LogP) is 3.88. The van der Waals surface area contributed by atoms with Crippen LogP contribution in [0.1, 0.15) is 0 Å². The monoisotopic (exact) mass is 261 g/mol. The van der Waals surface area contributed by atoms with Gasteiger partial charge in [-0.05, 0) is 12.1 Å². The van der Waals surface area contributed by atoms with E-state index in [2.05, 4.69) is 15.0 Å². The number of fused-ring (bicyclic) bond motifs is 1. The first-order valence-electron chi connectivity index (χ1n) is 6.35. The highest BCUT2D eigenvalue weighted by molar-refractivity contribution is 5.94. The summed E-state index contributed by atoms with van der Waals surface area (Å²) < 4.78 is 5.63. The molecule has 0 aliphatic rings. The first-order valence-corrected chi connectivity index (χ1v) is 6.35. The van der Waals surface area contributed by atoms with E-state index in [-0.39, 0.29) is 0 Å². The second kappa shape index (κ2) is 4.35. The van der Waals surface area contributed by atoms with Crippen LogP contribution in [-0.2, 0) is 0 Å². The Morgan fingerprint density at radius 2 is 1.85 bits per heavy atom. The van der Waals surface area contributed by atoms with Crippen molar-refractivity contribution in [2.24, 2.45) is 0 Å². The molecule has 96 valence electrons. The van der Waals surface area contributed by atoms with Gasteiger partial charge >= 0.3 is 0 Å². The quantitative estimate of drug-likeness (QED) is 0.595. The molecule has 1 aromatic carbocycles. The molecule has 0 amide bonds. The fourth-order valence-electron chi connectivity index (χ4n) is 2.40. The number of aromatic amines is 1. The third kappa shape index (κ3) is 1.62. The summed E-state index contributed by atoms with van der Waals surface area (Å²) in [5.41, 5.74) is 3.72. The maximum atomic E-state index is 5.63. The Morgan fingerprint density at radius 3 is 2.75 bits per heavy atom. The van der Waals surface area contributed by atoms with E-state index in [1.165, 1.54) is 6.39 Å². The minimum Gasteiger partial charge on any atom is -0.443 e. The number of oxazole rings is 1. The molecule has 1 N–H and O–H groups in total. The SMILES string of the molecule is c1ccc(-c2ncoc2-c2ccnc3[nH]ccc23)cc1. The standard InChI is InChI=1S/C16H11N3O/c1-2-4-11(5-3-1)14-15(20-10-19-14)12-6-8-17-16-13(12)7-9-18-16/h1-10H,(H,17,18). The fraction of sp³-hybridized carbons (Fsp3) is 0. The normalized spacial score (nSPS) is 11.0. The molecule has 0 bridgehead atoms. The summed E-state index contributed by atoms with van der Waals surface area (Å²) in [6.45, 7) is 0. The average molecular weight is 261 g/mol. The van der Waals surface area contributed by atoms with Crippen molar-refractivity contribution in [2.45, 2.75) is 0 Å². The number of pyridine rings is 1. The Hall–Kier alpha value is -2.88. The maximum absolute atomic E-state index is 5.63. The minimum atomic E-state index is 0.767. The number of nitrogens with one attached hydrogen (secondary N) is 1. The predicted molar refractivity (Wildman–Crippen MR) is 77.0 cm³/mol. The number of H-pyrrole nitrogens is 1. The van der Waals surface area contributed by atoms with Crippen molar-refractivity contribution in [3.63, 3.8) is 0 Å². The Balaban J connectivity index is 1.96. The lowest BCUT2D eigenvalue weighted by Gasteiger charge is -2.02. The molecular weight excluding hydrogens is 250 g/mol. The molecule has 20 heavy (non-hydrogen) atoms. The summed E-state index contributed by atoms with van der Waals surface area (Å²) in [5, 5.41) is 1.03. The van der Waals surface area contributed by atoms with E-state index in [9.17, 15) is 0 Å². The Labute approximate surface area is 115 Å². The minimum absolute atomic E-state index is 0.767. The Bertz CT molecular complexity index is 861. The van der Waals surface area contributed by atoms with Crippen LogP contribution in [0.15, 0.2) is 65.7 Å². The van der Waals surface area contributed by atoms with Gasteiger partial charge in [-0.3, -0.25) is 0 Å². The van der Waals surface area contributed by atoms with Gasteiger partial charge in [-0.2, -0.15) is 0 Å². The van der Waals surface area contributed by atoms with Crippen LogP contribution in [0.2, 0.25) is 0 Å². The lowest BCUT2D eigenvalue weighted by Crippen LogP contribution is -1.84. The van der Waals surface area contributed by atoms with Crippen LogP contribution in [0.25, 0.3) is 33.6 Å². The Kier molecular flexibility index (Phi) is 2.39. The molecule has 4 heteroatoms. The highest BCUT2D eigenvalue weighted by Crippen LogP contribution is 2.34. The fourth-order valence-corrected chi connectivity index (χ4v) is 2.40. The van der Waals surface area contributed by atoms with Gasteiger partial charge in [0.2, 0.25) is 0 Å². The van der Waals surface area contributed by atoms with Crippen molar-refractivity contribution in [1.29, 1.82) is 0 Å². The van der Waals surface area contributed by atoms with Crippen LogP contribution in [-0.4, -0.2) is 15.0 Å². The summed E-state index contributed by atoms with van der Waals surface area (Å²) in [6.07, 6.45) is 5.13. The van der Waals surface area contributed by atoms with Gasteiger partial charge in [-0.15, -0.1) is 0 Å². The number of aromatic nitrogens is 3. The van der Waals surface area contributed by atoms with E-state index >= 15 is 0 Å². The molecule has 4 nitrogen and oxygen atoms in total. The van der Waals surface area contributed by atoms with Gasteiger partial charge in [0.05, 0.1) is 0 Å². The van der Waals surface area contributed by atoms with Gasteiger partial charge in [-0.25, -0.2) is 9.97 Å². The molecule has 0 saturated carbocycles. The smallest absolute Gasteiger partial charge is 0.182 e. The van der Waals surface area contributed by atoms with Gasteiger partial charge in [-0.1, -0.05) is 30.3 Å². The molecule has 0 spiro atoms. The van der Waals surface area contributed by atoms with Crippen LogP contribution >= 0.6 is 0 Å². The van der Waals surface area contributed by atoms with Crippen molar-refractivity contribution in [3.05, 3.63) is 61.3 Å². The third-order valence-electron chi connectivity index (χ3n) is 3.32. The molecule has 0 saturated heterocycles. The van der Waals surface area contributed by atoms with Crippen molar-refractivity contribution >= 4 is 11.0 Å². The van der Waals surface area contributed by atoms with Crippen LogP contribution in [0, 0.1) is 0 Å². The van der Waals surface area contributed by atoms with E-state index in [0.717, 1.165) is 33.6 Å². The van der Waals surface area contributed by atoms with Crippen molar-refractivity contribution in [1.82, 2.24) is 15.0 Å². The number of hydrogen-bond donors (Lipinski definition) is 1. The third-order valence-corrected chi connectivity index (χ3v) is 3.32. The van der Waals surface area contributed by atoms with Gasteiger partial charge in [0.25, 0.3) is 0 Å². The van der Waals surface area contributed by atoms with E-state index in [0.29, 0.717) is 0 Å². The average Bonchev–Trinajstić information content (AvgIpc) is 3.16. The van der Waals surface area contributed by atoms with Crippen LogP contribution in [0.4, 0.5) is 0 Å². The zero-order valence-corrected chi connectivity index (χ0v) is 10.6. The Morgan fingerprint density at radius 1 is 0.950 bits per heavy atom. The second-order valence-corrected chi connectivity index (χ2v) is 4.49. The molecule has 0 aliphatic heterocycles. The molecular formula is C16H11N3O. The number of benzene rings is 1. The molecule has 0 aliphatic carbocycles. The van der Waals surface area contributed by atoms with Crippen molar-refractivity contribution in [2.75, 3.05) is 0 Å². The van der Waals surface area contributed by atoms with Gasteiger partial charge in [0.1, 0.15) is 11.3 Å². The zero-order chi connectivity index (χ0) is 13.4. The first-order chi connectivity index (χ1) is 9.93. The summed E-state index contributed by atoms with van der Waals surface area (Å²) in [7, 11) is 0. The summed E-state index contributed by atoms with van der Waals surface area (Å²) in [6, 6.07) is 14.0. The molecule has 0 unspecified atom stereocenters. The number of hydrogen-bond acceptors (Lipinski definition) is 3.